The van der Waals surface area contributed by atoms with Gasteiger partial charge in [-0.3, -0.25) is 4.79 Å². The van der Waals surface area contributed by atoms with Gasteiger partial charge in [-0.2, -0.15) is 0 Å². The Morgan fingerprint density at radius 3 is 2.95 bits per heavy atom. The van der Waals surface area contributed by atoms with E-state index in [2.05, 4.69) is 27.6 Å². The maximum absolute atomic E-state index is 11.5. The number of amides is 1. The van der Waals surface area contributed by atoms with Crippen LogP contribution in [0.4, 0.5) is 5.82 Å². The molecule has 0 aliphatic carbocycles. The minimum absolute atomic E-state index is 0.101. The highest BCUT2D eigenvalue weighted by Crippen LogP contribution is 2.12. The summed E-state index contributed by atoms with van der Waals surface area (Å²) in [6.45, 7) is 3.80. The quantitative estimate of drug-likeness (QED) is 0.745. The molecule has 1 saturated heterocycles. The summed E-state index contributed by atoms with van der Waals surface area (Å²) in [6, 6.07) is 3.46. The van der Waals surface area contributed by atoms with Crippen LogP contribution in [0.1, 0.15) is 29.6 Å². The van der Waals surface area contributed by atoms with E-state index in [9.17, 15) is 4.79 Å². The van der Waals surface area contributed by atoms with Gasteiger partial charge in [0.2, 0.25) is 0 Å². The molecule has 1 amide bonds. The van der Waals surface area contributed by atoms with E-state index in [0.717, 1.165) is 51.3 Å². The molecule has 0 bridgehead atoms. The van der Waals surface area contributed by atoms with Gasteiger partial charge in [-0.25, -0.2) is 4.98 Å². The zero-order valence-electron chi connectivity index (χ0n) is 13.5. The number of pyridine rings is 1. The summed E-state index contributed by atoms with van der Waals surface area (Å²) in [5, 5.41) is 5.84. The molecule has 1 aliphatic heterocycles. The molecule has 2 heterocycles. The van der Waals surface area contributed by atoms with Crippen LogP contribution in [0.2, 0.25) is 0 Å². The summed E-state index contributed by atoms with van der Waals surface area (Å²) < 4.78 is 5.90. The molecule has 1 aromatic heterocycles. The van der Waals surface area contributed by atoms with Gasteiger partial charge < -0.3 is 20.3 Å². The molecule has 6 nitrogen and oxygen atoms in total. The van der Waals surface area contributed by atoms with Crippen molar-refractivity contribution in [2.24, 2.45) is 0 Å². The van der Waals surface area contributed by atoms with Gasteiger partial charge in [0, 0.05) is 45.0 Å². The number of hydrogen-bond donors (Lipinski definition) is 2. The van der Waals surface area contributed by atoms with Gasteiger partial charge in [0.05, 0.1) is 6.10 Å². The highest BCUT2D eigenvalue weighted by atomic mass is 16.5. The SMILES string of the molecule is CNC(=O)c1ccnc(NCCCOC2CCN(C)CC2)c1. The number of likely N-dealkylation sites (tertiary alicyclic amines) is 1. The number of carbonyl (C=O) groups excluding carboxylic acids is 1. The lowest BCUT2D eigenvalue weighted by atomic mass is 10.1. The van der Waals surface area contributed by atoms with E-state index in [1.54, 1.807) is 25.4 Å². The Balaban J connectivity index is 1.63. The van der Waals surface area contributed by atoms with Gasteiger partial charge in [-0.15, -0.1) is 0 Å². The van der Waals surface area contributed by atoms with Crippen molar-refractivity contribution in [1.29, 1.82) is 0 Å². The van der Waals surface area contributed by atoms with Crippen molar-refractivity contribution >= 4 is 11.7 Å². The first-order valence-electron chi connectivity index (χ1n) is 7.91. The van der Waals surface area contributed by atoms with Crippen LogP contribution in [0.3, 0.4) is 0 Å². The van der Waals surface area contributed by atoms with E-state index in [1.807, 2.05) is 0 Å². The Morgan fingerprint density at radius 2 is 2.23 bits per heavy atom. The number of rotatable bonds is 7. The van der Waals surface area contributed by atoms with Gasteiger partial charge in [0.25, 0.3) is 5.91 Å². The Morgan fingerprint density at radius 1 is 1.45 bits per heavy atom. The fraction of sp³-hybridized carbons (Fsp3) is 0.625. The van der Waals surface area contributed by atoms with Crippen molar-refractivity contribution in [3.05, 3.63) is 23.9 Å². The summed E-state index contributed by atoms with van der Waals surface area (Å²) in [4.78, 5) is 18.1. The third-order valence-electron chi connectivity index (χ3n) is 3.90. The average Bonchev–Trinajstić information content (AvgIpc) is 2.56. The summed E-state index contributed by atoms with van der Waals surface area (Å²) in [6.07, 6.45) is 5.23. The predicted octanol–water partition coefficient (Wildman–Crippen LogP) is 1.35. The van der Waals surface area contributed by atoms with Crippen molar-refractivity contribution in [2.45, 2.75) is 25.4 Å². The van der Waals surface area contributed by atoms with Crippen LogP contribution in [-0.2, 0) is 4.74 Å². The van der Waals surface area contributed by atoms with Gasteiger partial charge >= 0.3 is 0 Å². The molecular formula is C16H26N4O2. The highest BCUT2D eigenvalue weighted by molar-refractivity contribution is 5.94. The summed E-state index contributed by atoms with van der Waals surface area (Å²) in [5.41, 5.74) is 0.613. The molecule has 122 valence electrons. The van der Waals surface area contributed by atoms with Crippen molar-refractivity contribution < 1.29 is 9.53 Å². The van der Waals surface area contributed by atoms with E-state index in [-0.39, 0.29) is 5.91 Å². The topological polar surface area (TPSA) is 66.5 Å². The lowest BCUT2D eigenvalue weighted by Gasteiger charge is -2.28. The molecule has 6 heteroatoms. The molecule has 22 heavy (non-hydrogen) atoms. The third-order valence-corrected chi connectivity index (χ3v) is 3.90. The zero-order valence-corrected chi connectivity index (χ0v) is 13.5. The lowest BCUT2D eigenvalue weighted by Crippen LogP contribution is -2.34. The Labute approximate surface area is 132 Å². The van der Waals surface area contributed by atoms with Crippen LogP contribution in [-0.4, -0.2) is 62.2 Å². The molecule has 0 saturated carbocycles. The number of hydrogen-bond acceptors (Lipinski definition) is 5. The van der Waals surface area contributed by atoms with Crippen LogP contribution in [0.5, 0.6) is 0 Å². The number of anilines is 1. The second kappa shape index (κ2) is 8.70. The van der Waals surface area contributed by atoms with Crippen LogP contribution >= 0.6 is 0 Å². The van der Waals surface area contributed by atoms with Crippen LogP contribution < -0.4 is 10.6 Å². The molecule has 0 unspecified atom stereocenters. The summed E-state index contributed by atoms with van der Waals surface area (Å²) in [7, 11) is 3.77. The second-order valence-electron chi connectivity index (χ2n) is 5.66. The third kappa shape index (κ3) is 5.27. The maximum Gasteiger partial charge on any atom is 0.251 e. The van der Waals surface area contributed by atoms with E-state index in [4.69, 9.17) is 4.74 Å². The fourth-order valence-corrected chi connectivity index (χ4v) is 2.50. The molecule has 0 atom stereocenters. The zero-order chi connectivity index (χ0) is 15.8. The molecule has 0 aromatic carbocycles. The molecule has 2 rings (SSSR count). The Bertz CT molecular complexity index is 473. The van der Waals surface area contributed by atoms with Gasteiger partial charge in [-0.1, -0.05) is 0 Å². The molecule has 2 N–H and O–H groups in total. The number of nitrogens with one attached hydrogen (secondary N) is 2. The molecule has 1 aliphatic rings. The number of ether oxygens (including phenoxy) is 1. The van der Waals surface area contributed by atoms with Gasteiger partial charge in [-0.05, 0) is 38.4 Å². The summed E-state index contributed by atoms with van der Waals surface area (Å²) in [5.74, 6) is 0.622. The Hall–Kier alpha value is -1.66. The molecule has 0 radical (unpaired) electrons. The van der Waals surface area contributed by atoms with Crippen LogP contribution in [0.25, 0.3) is 0 Å². The first-order valence-corrected chi connectivity index (χ1v) is 7.91. The molecule has 0 spiro atoms. The van der Waals surface area contributed by atoms with Gasteiger partial charge in [0.15, 0.2) is 0 Å². The minimum Gasteiger partial charge on any atom is -0.378 e. The fourth-order valence-electron chi connectivity index (χ4n) is 2.50. The highest BCUT2D eigenvalue weighted by Gasteiger charge is 2.16. The van der Waals surface area contributed by atoms with Crippen molar-refractivity contribution in [3.63, 3.8) is 0 Å². The van der Waals surface area contributed by atoms with E-state index < -0.39 is 0 Å². The summed E-state index contributed by atoms with van der Waals surface area (Å²) >= 11 is 0. The number of nitrogens with zero attached hydrogens (tertiary/aromatic N) is 2. The minimum atomic E-state index is -0.101. The van der Waals surface area contributed by atoms with Crippen molar-refractivity contribution in [3.8, 4) is 0 Å². The molecular weight excluding hydrogens is 280 g/mol. The molecule has 1 aromatic rings. The standard InChI is InChI=1S/C16H26N4O2/c1-17-16(21)13-4-8-19-15(12-13)18-7-3-11-22-14-5-9-20(2)10-6-14/h4,8,12,14H,3,5-7,9-11H2,1-2H3,(H,17,21)(H,18,19). The van der Waals surface area contributed by atoms with Gasteiger partial charge in [0.1, 0.15) is 5.82 Å². The number of aromatic nitrogens is 1. The van der Waals surface area contributed by atoms with Crippen LogP contribution in [0.15, 0.2) is 18.3 Å². The number of carbonyl (C=O) groups is 1. The van der Waals surface area contributed by atoms with E-state index >= 15 is 0 Å². The lowest BCUT2D eigenvalue weighted by molar-refractivity contribution is 0.0125. The van der Waals surface area contributed by atoms with Crippen molar-refractivity contribution in [2.75, 3.05) is 45.7 Å². The average molecular weight is 306 g/mol. The number of piperidine rings is 1. The maximum atomic E-state index is 11.5. The predicted molar refractivity (Wildman–Crippen MR) is 87.2 cm³/mol. The van der Waals surface area contributed by atoms with Crippen molar-refractivity contribution in [1.82, 2.24) is 15.2 Å². The normalized spacial score (nSPS) is 16.5. The van der Waals surface area contributed by atoms with E-state index in [1.165, 1.54) is 0 Å². The largest absolute Gasteiger partial charge is 0.378 e. The second-order valence-corrected chi connectivity index (χ2v) is 5.66. The smallest absolute Gasteiger partial charge is 0.251 e. The monoisotopic (exact) mass is 306 g/mol. The first kappa shape index (κ1) is 16.7. The Kier molecular flexibility index (Phi) is 6.61. The van der Waals surface area contributed by atoms with Crippen LogP contribution in [0, 0.1) is 0 Å². The first-order chi connectivity index (χ1) is 10.7. The van der Waals surface area contributed by atoms with E-state index in [0.29, 0.717) is 11.7 Å². The molecule has 1 fully saturated rings.